The minimum Gasteiger partial charge on any atom is -0.270 e. The van der Waals surface area contributed by atoms with Crippen LogP contribution in [0, 0.1) is 24.7 Å². The van der Waals surface area contributed by atoms with Crippen molar-refractivity contribution >= 4 is 15.7 Å². The number of hydrogen-bond donors (Lipinski definition) is 0. The highest BCUT2D eigenvalue weighted by atomic mass is 32.2. The maximum Gasteiger partial charge on any atom is 0.416 e. The van der Waals surface area contributed by atoms with E-state index in [0.29, 0.717) is 0 Å². The Morgan fingerprint density at radius 2 is 1.87 bits per heavy atom. The SMILES string of the molecule is Cc1ccc(N2C[C@@H]3[C@@H]([C@H]4C=C[C@@H]3C4)S2(=O)=O)cc1C(F)(F)F. The molecule has 2 fully saturated rings. The van der Waals surface area contributed by atoms with Gasteiger partial charge in [-0.2, -0.15) is 13.2 Å². The molecule has 1 saturated carbocycles. The van der Waals surface area contributed by atoms with Crippen LogP contribution in [0.3, 0.4) is 0 Å². The van der Waals surface area contributed by atoms with Crippen LogP contribution in [0.5, 0.6) is 0 Å². The average molecular weight is 343 g/mol. The lowest BCUT2D eigenvalue weighted by molar-refractivity contribution is -0.138. The van der Waals surface area contributed by atoms with Gasteiger partial charge in [-0.1, -0.05) is 18.2 Å². The van der Waals surface area contributed by atoms with Gasteiger partial charge in [-0.15, -0.1) is 0 Å². The Bertz CT molecular complexity index is 800. The van der Waals surface area contributed by atoms with Gasteiger partial charge in [0.05, 0.1) is 16.5 Å². The maximum absolute atomic E-state index is 13.1. The summed E-state index contributed by atoms with van der Waals surface area (Å²) >= 11 is 0. The fourth-order valence-corrected chi connectivity index (χ4v) is 6.78. The first kappa shape index (κ1) is 15.1. The zero-order valence-corrected chi connectivity index (χ0v) is 13.2. The largest absolute Gasteiger partial charge is 0.416 e. The summed E-state index contributed by atoms with van der Waals surface area (Å²) in [4.78, 5) is 0. The minimum atomic E-state index is -4.49. The molecule has 3 nitrogen and oxygen atoms in total. The molecule has 1 heterocycles. The summed E-state index contributed by atoms with van der Waals surface area (Å²) in [6, 6.07) is 3.77. The molecule has 124 valence electrons. The summed E-state index contributed by atoms with van der Waals surface area (Å²) in [5.74, 6) is 0.232. The maximum atomic E-state index is 13.1. The predicted octanol–water partition coefficient (Wildman–Crippen LogP) is 3.35. The van der Waals surface area contributed by atoms with Crippen LogP contribution in [-0.2, 0) is 16.2 Å². The summed E-state index contributed by atoms with van der Waals surface area (Å²) < 4.78 is 66.1. The second-order valence-corrected chi connectivity index (χ2v) is 8.66. The first-order valence-electron chi connectivity index (χ1n) is 7.57. The van der Waals surface area contributed by atoms with E-state index in [1.54, 1.807) is 0 Å². The van der Waals surface area contributed by atoms with Crippen molar-refractivity contribution in [2.45, 2.75) is 24.8 Å². The van der Waals surface area contributed by atoms with E-state index >= 15 is 0 Å². The summed E-state index contributed by atoms with van der Waals surface area (Å²) in [6.45, 7) is 1.66. The van der Waals surface area contributed by atoms with Crippen molar-refractivity contribution in [2.75, 3.05) is 10.8 Å². The zero-order chi connectivity index (χ0) is 16.6. The predicted molar refractivity (Wildman–Crippen MR) is 80.5 cm³/mol. The van der Waals surface area contributed by atoms with E-state index in [2.05, 4.69) is 6.08 Å². The Morgan fingerprint density at radius 3 is 2.52 bits per heavy atom. The van der Waals surface area contributed by atoms with Crippen LogP contribution in [0.25, 0.3) is 0 Å². The summed E-state index contributed by atoms with van der Waals surface area (Å²) in [7, 11) is -3.61. The Labute approximate surface area is 132 Å². The molecule has 4 rings (SSSR count). The minimum absolute atomic E-state index is 0.00698. The van der Waals surface area contributed by atoms with Gasteiger partial charge in [0.2, 0.25) is 10.0 Å². The van der Waals surface area contributed by atoms with Crippen LogP contribution < -0.4 is 4.31 Å². The van der Waals surface area contributed by atoms with Crippen molar-refractivity contribution < 1.29 is 21.6 Å². The number of halogens is 3. The van der Waals surface area contributed by atoms with Crippen LogP contribution in [-0.4, -0.2) is 20.2 Å². The molecule has 7 heteroatoms. The van der Waals surface area contributed by atoms with Gasteiger partial charge in [0.15, 0.2) is 0 Å². The quantitative estimate of drug-likeness (QED) is 0.734. The van der Waals surface area contributed by atoms with Gasteiger partial charge in [-0.3, -0.25) is 4.31 Å². The molecule has 0 spiro atoms. The molecule has 3 aliphatic rings. The molecule has 1 aromatic rings. The molecule has 1 aliphatic heterocycles. The summed E-state index contributed by atoms with van der Waals surface area (Å²) in [5, 5.41) is -0.479. The fourth-order valence-electron chi connectivity index (χ4n) is 4.33. The van der Waals surface area contributed by atoms with Gasteiger partial charge in [0, 0.05) is 12.5 Å². The van der Waals surface area contributed by atoms with E-state index in [0.717, 1.165) is 12.5 Å². The number of anilines is 1. The fraction of sp³-hybridized carbons (Fsp3) is 0.500. The van der Waals surface area contributed by atoms with E-state index in [1.165, 1.54) is 23.4 Å². The van der Waals surface area contributed by atoms with Crippen molar-refractivity contribution in [3.05, 3.63) is 41.5 Å². The third-order valence-corrected chi connectivity index (χ3v) is 7.75. The molecule has 2 bridgehead atoms. The van der Waals surface area contributed by atoms with E-state index in [-0.39, 0.29) is 35.5 Å². The molecule has 1 saturated heterocycles. The Hall–Kier alpha value is -1.50. The van der Waals surface area contributed by atoms with Crippen molar-refractivity contribution in [1.29, 1.82) is 0 Å². The highest BCUT2D eigenvalue weighted by molar-refractivity contribution is 7.93. The smallest absolute Gasteiger partial charge is 0.270 e. The molecular weight excluding hydrogens is 327 g/mol. The number of hydrogen-bond acceptors (Lipinski definition) is 2. The van der Waals surface area contributed by atoms with E-state index in [1.807, 2.05) is 6.08 Å². The zero-order valence-electron chi connectivity index (χ0n) is 12.4. The van der Waals surface area contributed by atoms with Crippen LogP contribution in [0.2, 0.25) is 0 Å². The third kappa shape index (κ3) is 2.05. The molecular formula is C16H16F3NO2S. The van der Waals surface area contributed by atoms with Crippen molar-refractivity contribution in [3.8, 4) is 0 Å². The molecule has 1 aromatic carbocycles. The van der Waals surface area contributed by atoms with Gasteiger partial charge < -0.3 is 0 Å². The number of fused-ring (bicyclic) bond motifs is 5. The van der Waals surface area contributed by atoms with E-state index in [4.69, 9.17) is 0 Å². The molecule has 0 amide bonds. The topological polar surface area (TPSA) is 37.4 Å². The number of benzene rings is 1. The van der Waals surface area contributed by atoms with Gasteiger partial charge in [0.1, 0.15) is 0 Å². The van der Waals surface area contributed by atoms with E-state index in [9.17, 15) is 21.6 Å². The van der Waals surface area contributed by atoms with Crippen molar-refractivity contribution in [3.63, 3.8) is 0 Å². The number of sulfonamides is 1. The number of rotatable bonds is 1. The summed E-state index contributed by atoms with van der Waals surface area (Å²) in [6.07, 6.45) is 0.369. The van der Waals surface area contributed by atoms with Crippen molar-refractivity contribution in [1.82, 2.24) is 0 Å². The number of nitrogens with zero attached hydrogens (tertiary/aromatic N) is 1. The lowest BCUT2D eigenvalue weighted by Gasteiger charge is -2.22. The standard InChI is InChI=1S/C16H16F3NO2S/c1-9-2-5-12(7-14(9)16(17,18)19)20-8-13-10-3-4-11(6-10)15(13)23(20,21)22/h2-5,7,10-11,13,15H,6,8H2,1H3/t10-,11+,13+,15-/m1/s1. The third-order valence-electron chi connectivity index (χ3n) is 5.39. The van der Waals surface area contributed by atoms with E-state index < -0.39 is 27.0 Å². The molecule has 4 atom stereocenters. The van der Waals surface area contributed by atoms with Gasteiger partial charge in [-0.25, -0.2) is 8.42 Å². The normalized spacial score (nSPS) is 34.2. The molecule has 0 aromatic heterocycles. The monoisotopic (exact) mass is 343 g/mol. The van der Waals surface area contributed by atoms with Gasteiger partial charge in [-0.05, 0) is 42.9 Å². The van der Waals surface area contributed by atoms with Crippen LogP contribution in [0.15, 0.2) is 30.4 Å². The number of alkyl halides is 3. The Morgan fingerprint density at radius 1 is 1.17 bits per heavy atom. The molecule has 0 unspecified atom stereocenters. The first-order chi connectivity index (χ1) is 10.7. The second kappa shape index (κ2) is 4.53. The van der Waals surface area contributed by atoms with Crippen LogP contribution in [0.1, 0.15) is 17.5 Å². The van der Waals surface area contributed by atoms with Crippen LogP contribution >= 0.6 is 0 Å². The molecule has 0 radical (unpaired) electrons. The molecule has 23 heavy (non-hydrogen) atoms. The average Bonchev–Trinajstić information content (AvgIpc) is 3.10. The first-order valence-corrected chi connectivity index (χ1v) is 9.07. The lowest BCUT2D eigenvalue weighted by atomic mass is 9.93. The summed E-state index contributed by atoms with van der Waals surface area (Å²) in [5.41, 5.74) is -0.556. The molecule has 0 N–H and O–H groups in total. The highest BCUT2D eigenvalue weighted by Crippen LogP contribution is 2.52. The van der Waals surface area contributed by atoms with Crippen LogP contribution in [0.4, 0.5) is 18.9 Å². The number of allylic oxidation sites excluding steroid dienone is 2. The molecule has 2 aliphatic carbocycles. The lowest BCUT2D eigenvalue weighted by Crippen LogP contribution is -2.32. The van der Waals surface area contributed by atoms with Crippen molar-refractivity contribution in [2.24, 2.45) is 17.8 Å². The highest BCUT2D eigenvalue weighted by Gasteiger charge is 2.58. The second-order valence-electron chi connectivity index (χ2n) is 6.65. The van der Waals surface area contributed by atoms with Gasteiger partial charge >= 0.3 is 6.18 Å². The van der Waals surface area contributed by atoms with Gasteiger partial charge in [0.25, 0.3) is 0 Å². The number of aryl methyl sites for hydroxylation is 1. The Balaban J connectivity index is 1.76. The Kier molecular flexibility index (Phi) is 2.96.